The second kappa shape index (κ2) is 15.1. The Labute approximate surface area is 340 Å². The highest BCUT2D eigenvalue weighted by Gasteiger charge is 2.78. The van der Waals surface area contributed by atoms with Crippen molar-refractivity contribution in [2.75, 3.05) is 6.61 Å². The Morgan fingerprint density at radius 2 is 1.46 bits per heavy atom. The first kappa shape index (κ1) is 41.9. The summed E-state index contributed by atoms with van der Waals surface area (Å²) >= 11 is 0. The Balaban J connectivity index is 1.34. The van der Waals surface area contributed by atoms with Gasteiger partial charge in [0.15, 0.2) is 23.2 Å². The maximum absolute atomic E-state index is 17.8. The SMILES string of the molecule is CC(=O)O[C@@]12CO[C@@H]1C[C@H](O)[C@@]1(C)C(=O)/C=C3/C(C)(F)[C@@H](OC(=O)[C@H](O)[C@@H](NC(=O)c4ccccc4)c4ccccc4)C[C@@](O)([C@@H](OC(=O)c4ccccc4)C12)C3(C)C. The average Bonchev–Trinajstić information content (AvgIpc) is 3.21. The van der Waals surface area contributed by atoms with Gasteiger partial charge in [-0.25, -0.2) is 14.0 Å². The number of halogens is 1. The lowest BCUT2D eigenvalue weighted by atomic mass is 9.45. The molecule has 3 fully saturated rings. The molecule has 3 aliphatic carbocycles. The number of hydrogen-bond acceptors (Lipinski definition) is 12. The summed E-state index contributed by atoms with van der Waals surface area (Å²) in [5.74, 6) is -6.03. The first-order chi connectivity index (χ1) is 27.8. The number of benzene rings is 3. The highest BCUT2D eigenvalue weighted by atomic mass is 19.1. The number of nitrogens with one attached hydrogen (secondary N) is 1. The van der Waals surface area contributed by atoms with Crippen LogP contribution in [0.15, 0.2) is 103 Å². The van der Waals surface area contributed by atoms with E-state index in [4.69, 9.17) is 18.9 Å². The lowest BCUT2D eigenvalue weighted by Gasteiger charge is -2.67. The van der Waals surface area contributed by atoms with Gasteiger partial charge in [0, 0.05) is 30.7 Å². The third-order valence-electron chi connectivity index (χ3n) is 13.2. The number of ether oxygens (including phenoxy) is 4. The average molecular weight is 814 g/mol. The first-order valence-corrected chi connectivity index (χ1v) is 19.5. The molecule has 13 nitrogen and oxygen atoms in total. The van der Waals surface area contributed by atoms with Gasteiger partial charge in [-0.2, -0.15) is 0 Å². The van der Waals surface area contributed by atoms with E-state index in [1.54, 1.807) is 78.9 Å². The smallest absolute Gasteiger partial charge is 0.338 e. The van der Waals surface area contributed by atoms with Gasteiger partial charge in [-0.05, 0) is 55.3 Å². The van der Waals surface area contributed by atoms with Gasteiger partial charge < -0.3 is 39.6 Å². The fraction of sp³-hybridized carbons (Fsp3) is 0.444. The normalized spacial score (nSPS) is 35.0. The van der Waals surface area contributed by atoms with Gasteiger partial charge in [-0.15, -0.1) is 0 Å². The second-order valence-corrected chi connectivity index (χ2v) is 16.9. The van der Waals surface area contributed by atoms with E-state index in [2.05, 4.69) is 5.32 Å². The van der Waals surface area contributed by atoms with Gasteiger partial charge in [0.05, 0.1) is 35.6 Å². The third kappa shape index (κ3) is 6.75. The predicted molar refractivity (Wildman–Crippen MR) is 207 cm³/mol. The molecule has 1 amide bonds. The highest BCUT2D eigenvalue weighted by Crippen LogP contribution is 2.65. The van der Waals surface area contributed by atoms with Crippen molar-refractivity contribution in [3.05, 3.63) is 119 Å². The summed E-state index contributed by atoms with van der Waals surface area (Å²) in [6, 6.07) is 22.6. The maximum atomic E-state index is 17.8. The molecule has 1 aliphatic heterocycles. The fourth-order valence-electron chi connectivity index (χ4n) is 9.74. The van der Waals surface area contributed by atoms with Crippen LogP contribution in [0.5, 0.6) is 0 Å². The number of esters is 3. The molecule has 4 aliphatic rings. The van der Waals surface area contributed by atoms with Crippen LogP contribution in [0, 0.1) is 16.7 Å². The molecule has 7 rings (SSSR count). The van der Waals surface area contributed by atoms with Gasteiger partial charge in [0.25, 0.3) is 5.91 Å². The van der Waals surface area contributed by atoms with Crippen LogP contribution in [0.2, 0.25) is 0 Å². The van der Waals surface area contributed by atoms with Crippen molar-refractivity contribution in [1.82, 2.24) is 5.32 Å². The van der Waals surface area contributed by atoms with Crippen LogP contribution < -0.4 is 5.32 Å². The largest absolute Gasteiger partial charge is 0.456 e. The van der Waals surface area contributed by atoms with E-state index in [0.29, 0.717) is 5.56 Å². The molecular formula is C45H48FNO12. The number of allylic oxidation sites excluding steroid dienone is 1. The Morgan fingerprint density at radius 3 is 2.02 bits per heavy atom. The zero-order valence-electron chi connectivity index (χ0n) is 33.3. The number of ketones is 1. The summed E-state index contributed by atoms with van der Waals surface area (Å²) in [6.07, 6.45) is -8.38. The van der Waals surface area contributed by atoms with Crippen LogP contribution in [0.3, 0.4) is 0 Å². The number of alkyl halides is 1. The van der Waals surface area contributed by atoms with Crippen LogP contribution in [0.25, 0.3) is 0 Å². The minimum Gasteiger partial charge on any atom is -0.456 e. The number of amides is 1. The van der Waals surface area contributed by atoms with E-state index < -0.39 is 106 Å². The second-order valence-electron chi connectivity index (χ2n) is 16.9. The summed E-state index contributed by atoms with van der Waals surface area (Å²) in [4.78, 5) is 69.2. The summed E-state index contributed by atoms with van der Waals surface area (Å²) in [6.45, 7) is 6.26. The fourth-order valence-corrected chi connectivity index (χ4v) is 9.74. The monoisotopic (exact) mass is 813 g/mol. The number of rotatable bonds is 9. The number of carbonyl (C=O) groups is 5. The van der Waals surface area contributed by atoms with Crippen molar-refractivity contribution < 1.29 is 62.6 Å². The molecule has 2 unspecified atom stereocenters. The van der Waals surface area contributed by atoms with Gasteiger partial charge >= 0.3 is 17.9 Å². The van der Waals surface area contributed by atoms with Gasteiger partial charge in [0.1, 0.15) is 23.9 Å². The summed E-state index contributed by atoms with van der Waals surface area (Å²) in [5.41, 5.74) is -10.3. The first-order valence-electron chi connectivity index (χ1n) is 19.5. The van der Waals surface area contributed by atoms with Crippen molar-refractivity contribution in [2.45, 2.75) is 101 Å². The van der Waals surface area contributed by atoms with Gasteiger partial charge in [0.2, 0.25) is 0 Å². The van der Waals surface area contributed by atoms with Crippen molar-refractivity contribution >= 4 is 29.6 Å². The van der Waals surface area contributed by atoms with E-state index in [0.717, 1.165) is 19.9 Å². The summed E-state index contributed by atoms with van der Waals surface area (Å²) in [5, 5.41) is 39.5. The Morgan fingerprint density at radius 1 is 0.881 bits per heavy atom. The minimum absolute atomic E-state index is 0.0563. The highest BCUT2D eigenvalue weighted by molar-refractivity contribution is 5.98. The number of aliphatic hydroxyl groups excluding tert-OH is 2. The molecule has 2 saturated carbocycles. The molecule has 11 atom stereocenters. The van der Waals surface area contributed by atoms with Crippen molar-refractivity contribution in [2.24, 2.45) is 16.7 Å². The molecular weight excluding hydrogens is 765 g/mol. The Hall–Kier alpha value is -5.28. The summed E-state index contributed by atoms with van der Waals surface area (Å²) in [7, 11) is 0. The van der Waals surface area contributed by atoms with Crippen LogP contribution in [-0.2, 0) is 33.3 Å². The Bertz CT molecular complexity index is 2160. The molecule has 0 spiro atoms. The maximum Gasteiger partial charge on any atom is 0.338 e. The zero-order valence-corrected chi connectivity index (χ0v) is 33.3. The molecule has 3 aromatic rings. The molecule has 1 heterocycles. The van der Waals surface area contributed by atoms with Crippen LogP contribution in [-0.4, -0.2) is 98.9 Å². The topological polar surface area (TPSA) is 195 Å². The molecule has 3 aromatic carbocycles. The van der Waals surface area contributed by atoms with E-state index in [9.17, 15) is 39.3 Å². The zero-order chi connectivity index (χ0) is 42.7. The third-order valence-corrected chi connectivity index (χ3v) is 13.2. The lowest BCUT2D eigenvalue weighted by molar-refractivity contribution is -0.345. The minimum atomic E-state index is -2.72. The van der Waals surface area contributed by atoms with Crippen molar-refractivity contribution in [1.29, 1.82) is 0 Å². The number of fused-ring (bicyclic) bond motifs is 5. The quantitative estimate of drug-likeness (QED) is 0.179. The van der Waals surface area contributed by atoms with Gasteiger partial charge in [-0.1, -0.05) is 80.6 Å². The summed E-state index contributed by atoms with van der Waals surface area (Å²) < 4.78 is 41.7. The van der Waals surface area contributed by atoms with Gasteiger partial charge in [-0.3, -0.25) is 14.4 Å². The van der Waals surface area contributed by atoms with E-state index >= 15 is 4.39 Å². The molecule has 2 bridgehead atoms. The molecule has 14 heteroatoms. The van der Waals surface area contributed by atoms with E-state index in [1.165, 1.54) is 32.9 Å². The molecule has 1 saturated heterocycles. The lowest BCUT2D eigenvalue weighted by Crippen LogP contribution is -2.81. The number of hydrogen-bond donors (Lipinski definition) is 4. The molecule has 0 radical (unpaired) electrons. The van der Waals surface area contributed by atoms with Crippen molar-refractivity contribution in [3.8, 4) is 0 Å². The molecule has 0 aromatic heterocycles. The van der Waals surface area contributed by atoms with Crippen molar-refractivity contribution in [3.63, 3.8) is 0 Å². The Kier molecular flexibility index (Phi) is 10.7. The van der Waals surface area contributed by atoms with Crippen LogP contribution in [0.1, 0.15) is 79.8 Å². The number of aliphatic hydroxyl groups is 3. The molecule has 4 N–H and O–H groups in total. The van der Waals surface area contributed by atoms with Crippen LogP contribution in [0.4, 0.5) is 4.39 Å². The number of carbonyl (C=O) groups excluding carboxylic acids is 5. The standard InChI is InChI=1S/C45H48FNO12/c1-25(48)59-44-24-56-32(44)22-31(50)42(4)30(49)21-29-41(2,3)45(55,37(36(42)44)58-39(53)28-19-13-8-14-20-28)23-33(43(29,5)46)57-40(54)35(51)34(26-15-9-6-10-16-26)47-38(52)27-17-11-7-12-18-27/h6-21,31-37,50-51,55H,22-24H2,1-5H3,(H,47,52)/b29-21+/t31-,32+,33-,34-,35+,36?,37-,42+,43?,44-,45+/m0/s1. The molecule has 312 valence electrons. The molecule has 59 heavy (non-hydrogen) atoms. The van der Waals surface area contributed by atoms with E-state index in [1.807, 2.05) is 0 Å². The predicted octanol–water partition coefficient (Wildman–Crippen LogP) is 4.14. The van der Waals surface area contributed by atoms with E-state index in [-0.39, 0.29) is 29.7 Å². The van der Waals surface area contributed by atoms with Crippen LogP contribution >= 0.6 is 0 Å².